The molecule has 2 aromatic rings. The van der Waals surface area contributed by atoms with Crippen molar-refractivity contribution in [3.05, 3.63) is 54.1 Å². The van der Waals surface area contributed by atoms with E-state index in [2.05, 4.69) is 10.2 Å². The van der Waals surface area contributed by atoms with Crippen molar-refractivity contribution in [2.75, 3.05) is 7.11 Å². The third-order valence-electron chi connectivity index (χ3n) is 3.83. The first-order valence-corrected chi connectivity index (χ1v) is 8.41. The average Bonchev–Trinajstić information content (AvgIpc) is 2.60. The smallest absolute Gasteiger partial charge is 0.256 e. The number of methoxy groups -OCH3 is 1. The van der Waals surface area contributed by atoms with Crippen LogP contribution >= 0.6 is 0 Å². The van der Waals surface area contributed by atoms with Gasteiger partial charge in [-0.1, -0.05) is 12.1 Å². The predicted molar refractivity (Wildman–Crippen MR) is 100 cm³/mol. The second-order valence-electron chi connectivity index (χ2n) is 6.32. The van der Waals surface area contributed by atoms with Gasteiger partial charge in [-0.05, 0) is 64.1 Å². The van der Waals surface area contributed by atoms with Crippen LogP contribution in [0.1, 0.15) is 38.1 Å². The lowest BCUT2D eigenvalue weighted by Gasteiger charge is -2.31. The lowest BCUT2D eigenvalue weighted by molar-refractivity contribution is 0.0644. The molecule has 5 nitrogen and oxygen atoms in total. The second kappa shape index (κ2) is 8.42. The van der Waals surface area contributed by atoms with E-state index in [1.807, 2.05) is 69.0 Å². The van der Waals surface area contributed by atoms with Crippen molar-refractivity contribution in [3.63, 3.8) is 0 Å². The number of hydrogen-bond acceptors (Lipinski definition) is 4. The quantitative estimate of drug-likeness (QED) is 0.664. The van der Waals surface area contributed by atoms with Crippen LogP contribution in [0, 0.1) is 0 Å². The van der Waals surface area contributed by atoms with Gasteiger partial charge in [0.25, 0.3) is 5.91 Å². The summed E-state index contributed by atoms with van der Waals surface area (Å²) in [5, 5.41) is 8.53. The monoisotopic (exact) mass is 339 g/mol. The first kappa shape index (κ1) is 18.6. The van der Waals surface area contributed by atoms with E-state index in [1.165, 1.54) is 0 Å². The van der Waals surface area contributed by atoms with E-state index in [1.54, 1.807) is 19.2 Å². The number of ether oxygens (including phenoxy) is 1. The average molecular weight is 339 g/mol. The summed E-state index contributed by atoms with van der Waals surface area (Å²) in [6.07, 6.45) is 0. The molecule has 0 heterocycles. The van der Waals surface area contributed by atoms with Gasteiger partial charge in [0, 0.05) is 12.1 Å². The van der Waals surface area contributed by atoms with Gasteiger partial charge in [-0.2, -0.15) is 5.11 Å². The van der Waals surface area contributed by atoms with Crippen LogP contribution in [0.25, 0.3) is 0 Å². The summed E-state index contributed by atoms with van der Waals surface area (Å²) in [6, 6.07) is 14.8. The molecule has 0 saturated carbocycles. The first-order valence-electron chi connectivity index (χ1n) is 8.41. The van der Waals surface area contributed by atoms with Crippen molar-refractivity contribution in [3.8, 4) is 5.75 Å². The first-order chi connectivity index (χ1) is 11.9. The molecule has 0 aliphatic heterocycles. The molecular formula is C20H25N3O2. The third kappa shape index (κ3) is 4.66. The van der Waals surface area contributed by atoms with Crippen molar-refractivity contribution in [1.82, 2.24) is 4.90 Å². The highest BCUT2D eigenvalue weighted by Crippen LogP contribution is 2.26. The Morgan fingerprint density at radius 3 is 2.08 bits per heavy atom. The minimum Gasteiger partial charge on any atom is -0.497 e. The third-order valence-corrected chi connectivity index (χ3v) is 3.83. The van der Waals surface area contributed by atoms with Gasteiger partial charge in [0.2, 0.25) is 0 Å². The standard InChI is InChI=1S/C20H25N3O2/c1-14(2)23(15(3)4)20(24)18-8-6-7-9-19(18)22-21-16-10-12-17(25-5)13-11-16/h6-15H,1-5H3. The van der Waals surface area contributed by atoms with E-state index in [0.29, 0.717) is 16.9 Å². The zero-order valence-electron chi connectivity index (χ0n) is 15.4. The van der Waals surface area contributed by atoms with Crippen LogP contribution in [0.3, 0.4) is 0 Å². The zero-order chi connectivity index (χ0) is 18.4. The molecular weight excluding hydrogens is 314 g/mol. The maximum Gasteiger partial charge on any atom is 0.256 e. The molecule has 2 rings (SSSR count). The van der Waals surface area contributed by atoms with Crippen molar-refractivity contribution in [2.24, 2.45) is 10.2 Å². The molecule has 0 aliphatic carbocycles. The summed E-state index contributed by atoms with van der Waals surface area (Å²) < 4.78 is 5.13. The summed E-state index contributed by atoms with van der Waals surface area (Å²) in [7, 11) is 1.62. The summed E-state index contributed by atoms with van der Waals surface area (Å²) in [6.45, 7) is 8.05. The van der Waals surface area contributed by atoms with Gasteiger partial charge >= 0.3 is 0 Å². The Morgan fingerprint density at radius 1 is 0.920 bits per heavy atom. The molecule has 0 N–H and O–H groups in total. The van der Waals surface area contributed by atoms with Gasteiger partial charge in [0.1, 0.15) is 5.75 Å². The van der Waals surface area contributed by atoms with Crippen LogP contribution in [-0.2, 0) is 0 Å². The lowest BCUT2D eigenvalue weighted by atomic mass is 10.1. The molecule has 1 amide bonds. The predicted octanol–water partition coefficient (Wildman–Crippen LogP) is 5.37. The maximum absolute atomic E-state index is 13.0. The highest BCUT2D eigenvalue weighted by molar-refractivity contribution is 5.99. The summed E-state index contributed by atoms with van der Waals surface area (Å²) in [5.74, 6) is 0.730. The molecule has 0 fully saturated rings. The van der Waals surface area contributed by atoms with Crippen LogP contribution in [-0.4, -0.2) is 30.0 Å². The molecule has 0 radical (unpaired) electrons. The van der Waals surface area contributed by atoms with E-state index in [-0.39, 0.29) is 18.0 Å². The minimum atomic E-state index is -0.0331. The molecule has 0 aromatic heterocycles. The fraction of sp³-hybridized carbons (Fsp3) is 0.350. The molecule has 132 valence electrons. The Balaban J connectivity index is 2.30. The number of carbonyl (C=O) groups is 1. The highest BCUT2D eigenvalue weighted by atomic mass is 16.5. The van der Waals surface area contributed by atoms with Gasteiger partial charge in [0.15, 0.2) is 0 Å². The highest BCUT2D eigenvalue weighted by Gasteiger charge is 2.23. The number of hydrogen-bond donors (Lipinski definition) is 0. The van der Waals surface area contributed by atoms with Crippen molar-refractivity contribution < 1.29 is 9.53 Å². The Labute approximate surface area is 149 Å². The fourth-order valence-electron chi connectivity index (χ4n) is 2.71. The van der Waals surface area contributed by atoms with Crippen LogP contribution < -0.4 is 4.74 Å². The largest absolute Gasteiger partial charge is 0.497 e. The topological polar surface area (TPSA) is 54.3 Å². The fourth-order valence-corrected chi connectivity index (χ4v) is 2.71. The lowest BCUT2D eigenvalue weighted by Crippen LogP contribution is -2.42. The summed E-state index contributed by atoms with van der Waals surface area (Å²) in [4.78, 5) is 14.8. The van der Waals surface area contributed by atoms with Gasteiger partial charge in [-0.15, -0.1) is 5.11 Å². The van der Waals surface area contributed by atoms with Crippen molar-refractivity contribution in [1.29, 1.82) is 0 Å². The Kier molecular flexibility index (Phi) is 6.28. The molecule has 25 heavy (non-hydrogen) atoms. The van der Waals surface area contributed by atoms with Gasteiger partial charge in [-0.3, -0.25) is 4.79 Å². The number of rotatable bonds is 6. The number of amides is 1. The van der Waals surface area contributed by atoms with Gasteiger partial charge < -0.3 is 9.64 Å². The number of carbonyl (C=O) groups excluding carboxylic acids is 1. The van der Waals surface area contributed by atoms with Gasteiger partial charge in [-0.25, -0.2) is 0 Å². The molecule has 2 aromatic carbocycles. The molecule has 0 saturated heterocycles. The minimum absolute atomic E-state index is 0.0331. The van der Waals surface area contributed by atoms with E-state index in [4.69, 9.17) is 4.74 Å². The van der Waals surface area contributed by atoms with Crippen LogP contribution in [0.5, 0.6) is 5.75 Å². The zero-order valence-corrected chi connectivity index (χ0v) is 15.4. The summed E-state index contributed by atoms with van der Waals surface area (Å²) >= 11 is 0. The molecule has 0 bridgehead atoms. The van der Waals surface area contributed by atoms with Crippen molar-refractivity contribution >= 4 is 17.3 Å². The molecule has 0 aliphatic rings. The van der Waals surface area contributed by atoms with E-state index in [0.717, 1.165) is 5.75 Å². The molecule has 0 spiro atoms. The number of benzene rings is 2. The maximum atomic E-state index is 13.0. The van der Waals surface area contributed by atoms with Gasteiger partial charge in [0.05, 0.1) is 24.0 Å². The Bertz CT molecular complexity index is 729. The SMILES string of the molecule is COc1ccc(N=Nc2ccccc2C(=O)N(C(C)C)C(C)C)cc1. The normalized spacial score (nSPS) is 11.3. The second-order valence-corrected chi connectivity index (χ2v) is 6.32. The van der Waals surface area contributed by atoms with Crippen LogP contribution in [0.2, 0.25) is 0 Å². The van der Waals surface area contributed by atoms with E-state index < -0.39 is 0 Å². The van der Waals surface area contributed by atoms with E-state index in [9.17, 15) is 4.79 Å². The molecule has 0 unspecified atom stereocenters. The Morgan fingerprint density at radius 2 is 1.52 bits per heavy atom. The number of azo groups is 1. The van der Waals surface area contributed by atoms with Crippen LogP contribution in [0.4, 0.5) is 11.4 Å². The van der Waals surface area contributed by atoms with E-state index >= 15 is 0 Å². The van der Waals surface area contributed by atoms with Crippen molar-refractivity contribution in [2.45, 2.75) is 39.8 Å². The molecule has 0 atom stereocenters. The van der Waals surface area contributed by atoms with Crippen LogP contribution in [0.15, 0.2) is 58.8 Å². The Hall–Kier alpha value is -2.69. The number of nitrogens with zero attached hydrogens (tertiary/aromatic N) is 3. The molecule has 5 heteroatoms. The summed E-state index contributed by atoms with van der Waals surface area (Å²) in [5.41, 5.74) is 1.82.